The molecule has 0 saturated carbocycles. The van der Waals surface area contributed by atoms with Crippen molar-refractivity contribution < 1.29 is 27.1 Å². The monoisotopic (exact) mass is 507 g/mol. The molecule has 10 heteroatoms. The van der Waals surface area contributed by atoms with Crippen LogP contribution in [-0.4, -0.2) is 57.6 Å². The number of carbonyl (C=O) groups excluding carboxylic acids is 2. The highest BCUT2D eigenvalue weighted by atomic mass is 32.2. The minimum atomic E-state index is -3.87. The van der Waals surface area contributed by atoms with Gasteiger partial charge in [-0.3, -0.25) is 13.9 Å². The van der Waals surface area contributed by atoms with Crippen LogP contribution in [0.1, 0.15) is 32.8 Å². The predicted molar refractivity (Wildman–Crippen MR) is 134 cm³/mol. The topological polar surface area (TPSA) is 96.0 Å². The lowest BCUT2D eigenvalue weighted by Crippen LogP contribution is -2.52. The molecule has 0 radical (unpaired) electrons. The molecule has 2 amide bonds. The van der Waals surface area contributed by atoms with Gasteiger partial charge in [-0.25, -0.2) is 12.8 Å². The summed E-state index contributed by atoms with van der Waals surface area (Å²) in [5.74, 6) is -0.519. The highest BCUT2D eigenvalue weighted by Crippen LogP contribution is 2.21. The number of anilines is 1. The van der Waals surface area contributed by atoms with E-state index in [0.717, 1.165) is 28.3 Å². The molecule has 0 fully saturated rings. The second-order valence-electron chi connectivity index (χ2n) is 8.68. The Morgan fingerprint density at radius 1 is 1.06 bits per heavy atom. The zero-order valence-corrected chi connectivity index (χ0v) is 21.6. The number of benzene rings is 2. The summed E-state index contributed by atoms with van der Waals surface area (Å²) in [5, 5.41) is 2.87. The lowest BCUT2D eigenvalue weighted by atomic mass is 10.1. The van der Waals surface area contributed by atoms with Crippen LogP contribution < -0.4 is 14.4 Å². The standard InChI is InChI=1S/C25H34FN3O5S/c1-6-23(25(31)27-15-18(2)3)28(16-19-7-13-22(34-4)14-8-19)24(30)17-29(35(5,32)33)21-11-9-20(26)10-12-21/h7-14,18,23H,6,15-17H2,1-5H3,(H,27,31)/t23-/m1/s1. The largest absolute Gasteiger partial charge is 0.497 e. The van der Waals surface area contributed by atoms with Crippen molar-refractivity contribution in [1.82, 2.24) is 10.2 Å². The molecule has 0 aliphatic heterocycles. The lowest BCUT2D eigenvalue weighted by Gasteiger charge is -2.33. The number of nitrogens with zero attached hydrogens (tertiary/aromatic N) is 2. The van der Waals surface area contributed by atoms with Gasteiger partial charge in [0, 0.05) is 13.1 Å². The predicted octanol–water partition coefficient (Wildman–Crippen LogP) is 3.18. The van der Waals surface area contributed by atoms with Crippen molar-refractivity contribution in [2.45, 2.75) is 39.8 Å². The van der Waals surface area contributed by atoms with Gasteiger partial charge in [0.1, 0.15) is 24.2 Å². The summed E-state index contributed by atoms with van der Waals surface area (Å²) >= 11 is 0. The second kappa shape index (κ2) is 12.5. The van der Waals surface area contributed by atoms with E-state index in [1.54, 1.807) is 38.3 Å². The molecule has 35 heavy (non-hydrogen) atoms. The number of ether oxygens (including phenoxy) is 1. The van der Waals surface area contributed by atoms with Gasteiger partial charge in [-0.2, -0.15) is 0 Å². The maximum atomic E-state index is 13.6. The first-order valence-electron chi connectivity index (χ1n) is 11.4. The average Bonchev–Trinajstić information content (AvgIpc) is 2.81. The molecule has 0 spiro atoms. The van der Waals surface area contributed by atoms with E-state index in [9.17, 15) is 22.4 Å². The third-order valence-corrected chi connectivity index (χ3v) is 6.52. The maximum absolute atomic E-state index is 13.6. The van der Waals surface area contributed by atoms with Crippen LogP contribution in [0.2, 0.25) is 0 Å². The smallest absolute Gasteiger partial charge is 0.244 e. The molecule has 0 aliphatic rings. The summed E-state index contributed by atoms with van der Waals surface area (Å²) in [6, 6.07) is 11.1. The van der Waals surface area contributed by atoms with Gasteiger partial charge in [-0.1, -0.05) is 32.9 Å². The molecule has 1 N–H and O–H groups in total. The van der Waals surface area contributed by atoms with E-state index in [1.807, 2.05) is 13.8 Å². The van der Waals surface area contributed by atoms with E-state index in [2.05, 4.69) is 5.32 Å². The third kappa shape index (κ3) is 8.24. The Balaban J connectivity index is 2.40. The normalized spacial score (nSPS) is 12.2. The molecular weight excluding hydrogens is 473 g/mol. The van der Waals surface area contributed by atoms with Gasteiger partial charge < -0.3 is 15.0 Å². The molecule has 0 aliphatic carbocycles. The zero-order valence-electron chi connectivity index (χ0n) is 20.8. The van der Waals surface area contributed by atoms with Gasteiger partial charge in [0.2, 0.25) is 21.8 Å². The van der Waals surface area contributed by atoms with Crippen molar-refractivity contribution in [1.29, 1.82) is 0 Å². The number of nitrogens with one attached hydrogen (secondary N) is 1. The molecule has 2 aromatic carbocycles. The molecule has 8 nitrogen and oxygen atoms in total. The third-order valence-electron chi connectivity index (χ3n) is 5.38. The van der Waals surface area contributed by atoms with Crippen LogP contribution in [0.4, 0.5) is 10.1 Å². The van der Waals surface area contributed by atoms with Crippen LogP contribution in [0.15, 0.2) is 48.5 Å². The maximum Gasteiger partial charge on any atom is 0.244 e. The van der Waals surface area contributed by atoms with Crippen molar-refractivity contribution in [3.63, 3.8) is 0 Å². The zero-order chi connectivity index (χ0) is 26.2. The molecular formula is C25H34FN3O5S. The quantitative estimate of drug-likeness (QED) is 0.476. The number of carbonyl (C=O) groups is 2. The van der Waals surface area contributed by atoms with Crippen LogP contribution in [-0.2, 0) is 26.2 Å². The SMILES string of the molecule is CC[C@H](C(=O)NCC(C)C)N(Cc1ccc(OC)cc1)C(=O)CN(c1ccc(F)cc1)S(C)(=O)=O. The summed E-state index contributed by atoms with van der Waals surface area (Å²) < 4.78 is 44.5. The molecule has 0 bridgehead atoms. The average molecular weight is 508 g/mol. The fourth-order valence-electron chi connectivity index (χ4n) is 3.49. The summed E-state index contributed by atoms with van der Waals surface area (Å²) in [6.45, 7) is 5.74. The molecule has 192 valence electrons. The van der Waals surface area contributed by atoms with Gasteiger partial charge >= 0.3 is 0 Å². The fourth-order valence-corrected chi connectivity index (χ4v) is 4.34. The summed E-state index contributed by atoms with van der Waals surface area (Å²) in [5.41, 5.74) is 0.908. The first-order chi connectivity index (χ1) is 16.5. The van der Waals surface area contributed by atoms with Gasteiger partial charge in [-0.15, -0.1) is 0 Å². The van der Waals surface area contributed by atoms with Gasteiger partial charge in [0.25, 0.3) is 0 Å². The Labute approximate surface area is 207 Å². The van der Waals surface area contributed by atoms with Crippen molar-refractivity contribution >= 4 is 27.5 Å². The van der Waals surface area contributed by atoms with Gasteiger partial charge in [0.05, 0.1) is 19.1 Å². The summed E-state index contributed by atoms with van der Waals surface area (Å²) in [4.78, 5) is 27.9. The molecule has 2 aromatic rings. The number of amides is 2. The minimum absolute atomic E-state index is 0.0947. The number of hydrogen-bond acceptors (Lipinski definition) is 5. The van der Waals surface area contributed by atoms with E-state index < -0.39 is 34.3 Å². The van der Waals surface area contributed by atoms with Crippen molar-refractivity contribution in [3.05, 3.63) is 59.9 Å². The molecule has 0 aromatic heterocycles. The van der Waals surface area contributed by atoms with Crippen LogP contribution in [0, 0.1) is 11.7 Å². The van der Waals surface area contributed by atoms with Crippen molar-refractivity contribution in [2.24, 2.45) is 5.92 Å². The van der Waals surface area contributed by atoms with Crippen molar-refractivity contribution in [2.75, 3.05) is 30.8 Å². The highest BCUT2D eigenvalue weighted by molar-refractivity contribution is 7.92. The Hall–Kier alpha value is -3.14. The molecule has 0 saturated heterocycles. The van der Waals surface area contributed by atoms with Crippen molar-refractivity contribution in [3.8, 4) is 5.75 Å². The first kappa shape index (κ1) is 28.1. The first-order valence-corrected chi connectivity index (χ1v) is 13.2. The van der Waals surface area contributed by atoms with Crippen LogP contribution in [0.25, 0.3) is 0 Å². The lowest BCUT2D eigenvalue weighted by molar-refractivity contribution is -0.140. The molecule has 1 atom stereocenters. The second-order valence-corrected chi connectivity index (χ2v) is 10.6. The molecule has 2 rings (SSSR count). The molecule has 0 heterocycles. The Kier molecular flexibility index (Phi) is 10.1. The van der Waals surface area contributed by atoms with Gasteiger partial charge in [-0.05, 0) is 54.3 Å². The fraction of sp³-hybridized carbons (Fsp3) is 0.440. The summed E-state index contributed by atoms with van der Waals surface area (Å²) in [6.07, 6.45) is 1.31. The minimum Gasteiger partial charge on any atom is -0.497 e. The number of hydrogen-bond donors (Lipinski definition) is 1. The highest BCUT2D eigenvalue weighted by Gasteiger charge is 2.31. The Morgan fingerprint density at radius 2 is 1.66 bits per heavy atom. The van der Waals surface area contributed by atoms with Crippen LogP contribution >= 0.6 is 0 Å². The van der Waals surface area contributed by atoms with E-state index in [0.29, 0.717) is 18.7 Å². The molecule has 0 unspecified atom stereocenters. The number of halogens is 1. The van der Waals surface area contributed by atoms with Crippen LogP contribution in [0.3, 0.4) is 0 Å². The van der Waals surface area contributed by atoms with E-state index >= 15 is 0 Å². The van der Waals surface area contributed by atoms with E-state index in [4.69, 9.17) is 4.74 Å². The Bertz CT molecular complexity index is 1090. The van der Waals surface area contributed by atoms with E-state index in [-0.39, 0.29) is 24.1 Å². The Morgan fingerprint density at radius 3 is 2.14 bits per heavy atom. The number of methoxy groups -OCH3 is 1. The van der Waals surface area contributed by atoms with Crippen LogP contribution in [0.5, 0.6) is 5.75 Å². The number of rotatable bonds is 12. The number of sulfonamides is 1. The summed E-state index contributed by atoms with van der Waals surface area (Å²) in [7, 11) is -2.32. The van der Waals surface area contributed by atoms with Gasteiger partial charge in [0.15, 0.2) is 0 Å². The van der Waals surface area contributed by atoms with E-state index in [1.165, 1.54) is 17.0 Å².